The molecule has 3 heteroatoms. The van der Waals surface area contributed by atoms with Gasteiger partial charge in [-0.1, -0.05) is 24.3 Å². The van der Waals surface area contributed by atoms with Crippen LogP contribution in [0.4, 0.5) is 0 Å². The van der Waals surface area contributed by atoms with Gasteiger partial charge in [0.15, 0.2) is 0 Å². The van der Waals surface area contributed by atoms with Crippen LogP contribution >= 0.6 is 0 Å². The third-order valence-electron chi connectivity index (χ3n) is 2.59. The van der Waals surface area contributed by atoms with E-state index in [0.29, 0.717) is 6.42 Å². The first kappa shape index (κ1) is 9.72. The Hall–Kier alpha value is -1.82. The lowest BCUT2D eigenvalue weighted by atomic mass is 10.0. The van der Waals surface area contributed by atoms with Crippen LogP contribution in [0.5, 0.6) is 0 Å². The Bertz CT molecular complexity index is 429. The first-order valence-electron chi connectivity index (χ1n) is 5.03. The van der Waals surface area contributed by atoms with Crippen molar-refractivity contribution in [3.63, 3.8) is 0 Å². The predicted octanol–water partition coefficient (Wildman–Crippen LogP) is 1.44. The second-order valence-corrected chi connectivity index (χ2v) is 3.62. The minimum Gasteiger partial charge on any atom is -0.358 e. The molecular weight excluding hydrogens is 186 g/mol. The average molecular weight is 199 g/mol. The highest BCUT2D eigenvalue weighted by atomic mass is 15.2. The van der Waals surface area contributed by atoms with E-state index in [1.807, 2.05) is 31.3 Å². The number of benzene rings is 1. The van der Waals surface area contributed by atoms with Gasteiger partial charge in [-0.15, -0.1) is 0 Å². The molecule has 0 aliphatic carbocycles. The van der Waals surface area contributed by atoms with Crippen molar-refractivity contribution >= 4 is 5.84 Å². The Balaban J connectivity index is 2.39. The molecule has 0 amide bonds. The molecule has 0 spiro atoms. The SMILES string of the molecule is CN1CCN=C1c1ccccc1CC#N. The molecule has 0 saturated heterocycles. The van der Waals surface area contributed by atoms with Crippen molar-refractivity contribution in [2.24, 2.45) is 4.99 Å². The number of hydrogen-bond donors (Lipinski definition) is 0. The molecular formula is C12H13N3. The van der Waals surface area contributed by atoms with Crippen LogP contribution in [-0.4, -0.2) is 30.9 Å². The van der Waals surface area contributed by atoms with Gasteiger partial charge in [0.05, 0.1) is 19.0 Å². The van der Waals surface area contributed by atoms with Gasteiger partial charge in [0.2, 0.25) is 0 Å². The lowest BCUT2D eigenvalue weighted by Gasteiger charge is -2.15. The van der Waals surface area contributed by atoms with Crippen molar-refractivity contribution < 1.29 is 0 Å². The molecule has 3 nitrogen and oxygen atoms in total. The molecule has 0 atom stereocenters. The van der Waals surface area contributed by atoms with Crippen molar-refractivity contribution in [1.82, 2.24) is 4.90 Å². The molecule has 76 valence electrons. The third kappa shape index (κ3) is 1.84. The summed E-state index contributed by atoms with van der Waals surface area (Å²) in [4.78, 5) is 6.60. The molecule has 0 bridgehead atoms. The lowest BCUT2D eigenvalue weighted by Crippen LogP contribution is -2.24. The van der Waals surface area contributed by atoms with E-state index in [0.717, 1.165) is 30.1 Å². The smallest absolute Gasteiger partial charge is 0.131 e. The number of amidine groups is 1. The number of likely N-dealkylation sites (N-methyl/N-ethyl adjacent to an activating group) is 1. The summed E-state index contributed by atoms with van der Waals surface area (Å²) in [6.45, 7) is 1.82. The van der Waals surface area contributed by atoms with Crippen LogP contribution in [0, 0.1) is 11.3 Å². The molecule has 0 radical (unpaired) electrons. The van der Waals surface area contributed by atoms with E-state index >= 15 is 0 Å². The van der Waals surface area contributed by atoms with Gasteiger partial charge in [0.25, 0.3) is 0 Å². The van der Waals surface area contributed by atoms with E-state index in [1.165, 1.54) is 0 Å². The fourth-order valence-corrected chi connectivity index (χ4v) is 1.80. The van der Waals surface area contributed by atoms with Crippen LogP contribution < -0.4 is 0 Å². The van der Waals surface area contributed by atoms with Gasteiger partial charge in [-0.25, -0.2) is 0 Å². The van der Waals surface area contributed by atoms with E-state index in [9.17, 15) is 0 Å². The van der Waals surface area contributed by atoms with Crippen molar-refractivity contribution in [2.45, 2.75) is 6.42 Å². The predicted molar refractivity (Wildman–Crippen MR) is 59.8 cm³/mol. The maximum atomic E-state index is 8.75. The summed E-state index contributed by atoms with van der Waals surface area (Å²) in [6.07, 6.45) is 0.447. The van der Waals surface area contributed by atoms with E-state index in [2.05, 4.69) is 16.0 Å². The van der Waals surface area contributed by atoms with E-state index in [1.54, 1.807) is 0 Å². The summed E-state index contributed by atoms with van der Waals surface area (Å²) in [5.74, 6) is 1.01. The first-order valence-corrected chi connectivity index (χ1v) is 5.03. The first-order chi connectivity index (χ1) is 7.33. The van der Waals surface area contributed by atoms with Crippen molar-refractivity contribution in [1.29, 1.82) is 5.26 Å². The number of nitrogens with zero attached hydrogens (tertiary/aromatic N) is 3. The average Bonchev–Trinajstić information content (AvgIpc) is 2.66. The van der Waals surface area contributed by atoms with Gasteiger partial charge in [-0.05, 0) is 5.56 Å². The van der Waals surface area contributed by atoms with E-state index in [4.69, 9.17) is 5.26 Å². The molecule has 1 aromatic carbocycles. The maximum Gasteiger partial charge on any atom is 0.131 e. The minimum absolute atomic E-state index is 0.447. The van der Waals surface area contributed by atoms with Crippen LogP contribution in [0.15, 0.2) is 29.3 Å². The number of rotatable bonds is 2. The zero-order valence-electron chi connectivity index (χ0n) is 8.77. The second kappa shape index (κ2) is 4.14. The molecule has 0 fully saturated rings. The van der Waals surface area contributed by atoms with Crippen molar-refractivity contribution in [3.8, 4) is 6.07 Å². The standard InChI is InChI=1S/C12H13N3/c1-15-9-8-14-12(15)11-5-3-2-4-10(11)6-7-13/h2-5H,6,8-9H2,1H3. The maximum absolute atomic E-state index is 8.75. The van der Waals surface area contributed by atoms with Gasteiger partial charge < -0.3 is 4.90 Å². The summed E-state index contributed by atoms with van der Waals surface area (Å²) in [5.41, 5.74) is 2.16. The van der Waals surface area contributed by atoms with Crippen molar-refractivity contribution in [2.75, 3.05) is 20.1 Å². The fourth-order valence-electron chi connectivity index (χ4n) is 1.80. The number of hydrogen-bond acceptors (Lipinski definition) is 3. The van der Waals surface area contributed by atoms with Crippen LogP contribution in [0.25, 0.3) is 0 Å². The summed E-state index contributed by atoms with van der Waals surface area (Å²) in [7, 11) is 2.04. The van der Waals surface area contributed by atoms with Gasteiger partial charge in [-0.2, -0.15) is 5.26 Å². The van der Waals surface area contributed by atoms with Gasteiger partial charge in [-0.3, -0.25) is 4.99 Å². The number of aliphatic imine (C=N–C) groups is 1. The highest BCUT2D eigenvalue weighted by Crippen LogP contribution is 2.15. The molecule has 0 aromatic heterocycles. The Morgan fingerprint density at radius 3 is 2.93 bits per heavy atom. The van der Waals surface area contributed by atoms with Crippen molar-refractivity contribution in [3.05, 3.63) is 35.4 Å². The highest BCUT2D eigenvalue weighted by molar-refractivity contribution is 6.00. The van der Waals surface area contributed by atoms with Gasteiger partial charge >= 0.3 is 0 Å². The summed E-state index contributed by atoms with van der Waals surface area (Å²) < 4.78 is 0. The lowest BCUT2D eigenvalue weighted by molar-refractivity contribution is 0.556. The quantitative estimate of drug-likeness (QED) is 0.723. The largest absolute Gasteiger partial charge is 0.358 e. The van der Waals surface area contributed by atoms with Crippen LogP contribution in [-0.2, 0) is 6.42 Å². The minimum atomic E-state index is 0.447. The van der Waals surface area contributed by atoms with E-state index < -0.39 is 0 Å². The molecule has 1 aromatic rings. The van der Waals surface area contributed by atoms with Crippen LogP contribution in [0.2, 0.25) is 0 Å². The fraction of sp³-hybridized carbons (Fsp3) is 0.333. The molecule has 1 aliphatic rings. The zero-order chi connectivity index (χ0) is 10.7. The summed E-state index contributed by atoms with van der Waals surface area (Å²) in [5, 5.41) is 8.75. The Morgan fingerprint density at radius 2 is 2.27 bits per heavy atom. The third-order valence-corrected chi connectivity index (χ3v) is 2.59. The Kier molecular flexibility index (Phi) is 2.68. The normalized spacial score (nSPS) is 14.9. The molecule has 1 aliphatic heterocycles. The summed E-state index contributed by atoms with van der Waals surface area (Å²) in [6, 6.07) is 10.2. The Labute approximate surface area is 89.7 Å². The second-order valence-electron chi connectivity index (χ2n) is 3.62. The van der Waals surface area contributed by atoms with Crippen LogP contribution in [0.1, 0.15) is 11.1 Å². The molecule has 2 rings (SSSR count). The van der Waals surface area contributed by atoms with Gasteiger partial charge in [0, 0.05) is 19.2 Å². The van der Waals surface area contributed by atoms with Crippen LogP contribution in [0.3, 0.4) is 0 Å². The molecule has 0 saturated carbocycles. The molecule has 15 heavy (non-hydrogen) atoms. The molecule has 0 unspecified atom stereocenters. The highest BCUT2D eigenvalue weighted by Gasteiger charge is 2.16. The Morgan fingerprint density at radius 1 is 1.47 bits per heavy atom. The molecule has 1 heterocycles. The monoisotopic (exact) mass is 199 g/mol. The molecule has 0 N–H and O–H groups in total. The topological polar surface area (TPSA) is 39.4 Å². The number of nitriles is 1. The summed E-state index contributed by atoms with van der Waals surface area (Å²) >= 11 is 0. The van der Waals surface area contributed by atoms with E-state index in [-0.39, 0.29) is 0 Å². The van der Waals surface area contributed by atoms with Gasteiger partial charge in [0.1, 0.15) is 5.84 Å². The zero-order valence-corrected chi connectivity index (χ0v) is 8.77.